The number of ether oxygens (including phenoxy) is 2. The SMILES string of the molecule is Cc1ccc(S(=O)(=O)SC[C@H]2O[C@H](OP(=O)(O)OP(=O)(O)OC[C@H]3O[C@@H](n4ccc(=O)[nH]c4=O)[C@H](O)[C@@H]3O)[C@H](O)[C@@H](O)[C@H]2O)cc1. The molecule has 0 bridgehead atoms. The van der Waals surface area contributed by atoms with Gasteiger partial charge >= 0.3 is 21.3 Å². The molecule has 0 saturated carbocycles. The fourth-order valence-corrected chi connectivity index (χ4v) is 9.30. The minimum atomic E-state index is -5.73. The van der Waals surface area contributed by atoms with E-state index in [1.807, 2.05) is 4.98 Å². The van der Waals surface area contributed by atoms with Gasteiger partial charge in [-0.2, -0.15) is 4.31 Å². The van der Waals surface area contributed by atoms with E-state index in [4.69, 9.17) is 9.47 Å². The number of rotatable bonds is 12. The Morgan fingerprint density at radius 1 is 0.891 bits per heavy atom. The van der Waals surface area contributed by atoms with Crippen LogP contribution >= 0.6 is 26.4 Å². The van der Waals surface area contributed by atoms with Gasteiger partial charge in [0.15, 0.2) is 12.5 Å². The van der Waals surface area contributed by atoms with E-state index in [0.717, 1.165) is 17.8 Å². The zero-order valence-corrected chi connectivity index (χ0v) is 26.8. The molecule has 0 aliphatic carbocycles. The van der Waals surface area contributed by atoms with Gasteiger partial charge in [0, 0.05) is 18.0 Å². The molecule has 258 valence electrons. The molecule has 2 fully saturated rings. The van der Waals surface area contributed by atoms with Crippen molar-refractivity contribution in [3.63, 3.8) is 0 Å². The number of benzene rings is 1. The number of nitrogens with zero attached hydrogens (tertiary/aromatic N) is 1. The second-order valence-corrected chi connectivity index (χ2v) is 17.0. The molecule has 1 aromatic heterocycles. The van der Waals surface area contributed by atoms with E-state index >= 15 is 0 Å². The van der Waals surface area contributed by atoms with Crippen molar-refractivity contribution in [2.75, 3.05) is 12.4 Å². The molecular weight excluding hydrogens is 706 g/mol. The van der Waals surface area contributed by atoms with Gasteiger partial charge in [0.2, 0.25) is 8.87 Å². The number of aromatic nitrogens is 2. The van der Waals surface area contributed by atoms with E-state index in [1.54, 1.807) is 19.1 Å². The molecule has 0 spiro atoms. The fourth-order valence-electron chi connectivity index (χ4n) is 4.27. The van der Waals surface area contributed by atoms with Crippen molar-refractivity contribution < 1.29 is 75.7 Å². The molecule has 4 rings (SSSR count). The van der Waals surface area contributed by atoms with Crippen LogP contribution in [0.1, 0.15) is 11.8 Å². The van der Waals surface area contributed by atoms with Gasteiger partial charge in [0.1, 0.15) is 36.6 Å². The van der Waals surface area contributed by atoms with Crippen LogP contribution in [0, 0.1) is 6.92 Å². The standard InChI is InChI=1S/C22H30N2O18P2S2/c1-10-2-4-11(5-3-10)46(36,37)45-9-13-16(27)17(28)19(30)21(40-13)41-44(34,35)42-43(32,33)38-8-12-15(26)18(29)20(39-12)24-7-6-14(25)23-22(24)31/h2-7,12-13,15-21,26-30H,8-9H2,1H3,(H,32,33)(H,34,35)(H,23,25,31)/t12-,13-,15-,16+,17+,18-,19-,20-,21-/m1/s1. The van der Waals surface area contributed by atoms with Crippen LogP contribution in [0.4, 0.5) is 0 Å². The average molecular weight is 737 g/mol. The Kier molecular flexibility index (Phi) is 11.5. The largest absolute Gasteiger partial charge is 0.483 e. The van der Waals surface area contributed by atoms with Crippen molar-refractivity contribution in [1.82, 2.24) is 9.55 Å². The Labute approximate surface area is 262 Å². The number of aryl methyl sites for hydroxylation is 1. The third-order valence-electron chi connectivity index (χ3n) is 6.67. The number of aliphatic hydroxyl groups is 5. The number of hydrogen-bond acceptors (Lipinski definition) is 17. The smallest absolute Gasteiger partial charge is 0.388 e. The maximum Gasteiger partial charge on any atom is 0.483 e. The lowest BCUT2D eigenvalue weighted by atomic mass is 10.0. The number of nitrogens with one attached hydrogen (secondary N) is 1. The van der Waals surface area contributed by atoms with Crippen molar-refractivity contribution in [2.45, 2.75) is 67.1 Å². The summed E-state index contributed by atoms with van der Waals surface area (Å²) in [6.07, 6.45) is -16.0. The summed E-state index contributed by atoms with van der Waals surface area (Å²) in [4.78, 5) is 45.2. The van der Waals surface area contributed by atoms with E-state index in [1.165, 1.54) is 12.1 Å². The number of phosphoric ester groups is 2. The first-order valence-electron chi connectivity index (χ1n) is 13.0. The minimum Gasteiger partial charge on any atom is -0.388 e. The normalized spacial score (nSPS) is 32.9. The topological polar surface area (TPSA) is 311 Å². The molecule has 2 aliphatic rings. The van der Waals surface area contributed by atoms with Crippen LogP contribution in [0.25, 0.3) is 0 Å². The lowest BCUT2D eigenvalue weighted by molar-refractivity contribution is -0.270. The average Bonchev–Trinajstić information content (AvgIpc) is 3.24. The number of hydrogen-bond donors (Lipinski definition) is 8. The quantitative estimate of drug-likeness (QED) is 0.0835. The predicted molar refractivity (Wildman–Crippen MR) is 153 cm³/mol. The lowest BCUT2D eigenvalue weighted by Gasteiger charge is -2.40. The third-order valence-corrected chi connectivity index (χ3v) is 12.8. The van der Waals surface area contributed by atoms with Gasteiger partial charge in [-0.1, -0.05) is 17.7 Å². The van der Waals surface area contributed by atoms with Gasteiger partial charge in [0.25, 0.3) is 5.56 Å². The zero-order valence-electron chi connectivity index (χ0n) is 23.4. The molecule has 0 radical (unpaired) electrons. The highest BCUT2D eigenvalue weighted by molar-refractivity contribution is 8.72. The lowest BCUT2D eigenvalue weighted by Crippen LogP contribution is -2.58. The molecule has 2 aliphatic heterocycles. The van der Waals surface area contributed by atoms with Crippen LogP contribution in [0.5, 0.6) is 0 Å². The molecule has 2 aromatic rings. The Balaban J connectivity index is 1.36. The van der Waals surface area contributed by atoms with Crippen LogP contribution in [0.3, 0.4) is 0 Å². The number of aromatic amines is 1. The monoisotopic (exact) mass is 736 g/mol. The van der Waals surface area contributed by atoms with Crippen LogP contribution in [0.2, 0.25) is 0 Å². The number of aliphatic hydroxyl groups excluding tert-OH is 5. The highest BCUT2D eigenvalue weighted by atomic mass is 33.1. The molecular formula is C22H30N2O18P2S2. The van der Waals surface area contributed by atoms with Gasteiger partial charge in [-0.3, -0.25) is 23.4 Å². The maximum atomic E-state index is 12.7. The first-order chi connectivity index (χ1) is 21.3. The highest BCUT2D eigenvalue weighted by Gasteiger charge is 2.50. The minimum absolute atomic E-state index is 0.0837. The molecule has 2 saturated heterocycles. The van der Waals surface area contributed by atoms with E-state index in [0.29, 0.717) is 4.57 Å². The summed E-state index contributed by atoms with van der Waals surface area (Å²) < 4.78 is 74.8. The Hall–Kier alpha value is -1.82. The van der Waals surface area contributed by atoms with Gasteiger partial charge < -0.3 is 44.8 Å². The van der Waals surface area contributed by atoms with Crippen molar-refractivity contribution in [1.29, 1.82) is 0 Å². The van der Waals surface area contributed by atoms with E-state index in [-0.39, 0.29) is 15.7 Å². The highest BCUT2D eigenvalue weighted by Crippen LogP contribution is 2.61. The summed E-state index contributed by atoms with van der Waals surface area (Å²) in [5.41, 5.74) is -0.989. The predicted octanol–water partition coefficient (Wildman–Crippen LogP) is -2.36. The van der Waals surface area contributed by atoms with Gasteiger partial charge in [-0.05, 0) is 29.9 Å². The Bertz CT molecular complexity index is 1700. The van der Waals surface area contributed by atoms with Crippen LogP contribution in [-0.4, -0.2) is 115 Å². The summed E-state index contributed by atoms with van der Waals surface area (Å²) in [5, 5.41) is 51.2. The fraction of sp³-hybridized carbons (Fsp3) is 0.545. The summed E-state index contributed by atoms with van der Waals surface area (Å²) in [5.74, 6) is -0.568. The second kappa shape index (κ2) is 14.3. The molecule has 46 heavy (non-hydrogen) atoms. The molecule has 20 nitrogen and oxygen atoms in total. The summed E-state index contributed by atoms with van der Waals surface area (Å²) >= 11 is 0. The van der Waals surface area contributed by atoms with Gasteiger partial charge in [0.05, 0.1) is 17.6 Å². The number of phosphoric acid groups is 2. The van der Waals surface area contributed by atoms with Crippen molar-refractivity contribution in [3.8, 4) is 0 Å². The molecule has 0 amide bonds. The summed E-state index contributed by atoms with van der Waals surface area (Å²) in [6.45, 7) is 0.674. The van der Waals surface area contributed by atoms with Crippen LogP contribution in [-0.2, 0) is 40.8 Å². The second-order valence-electron chi connectivity index (χ2n) is 10.1. The van der Waals surface area contributed by atoms with Crippen molar-refractivity contribution in [3.05, 3.63) is 62.9 Å². The first kappa shape index (κ1) is 37.0. The van der Waals surface area contributed by atoms with E-state index in [9.17, 15) is 62.5 Å². The van der Waals surface area contributed by atoms with Crippen LogP contribution < -0.4 is 11.2 Å². The van der Waals surface area contributed by atoms with Gasteiger partial charge in [-0.15, -0.1) is 0 Å². The number of H-pyrrole nitrogens is 1. The third kappa shape index (κ3) is 8.80. The molecule has 3 heterocycles. The molecule has 2 unspecified atom stereocenters. The molecule has 8 N–H and O–H groups in total. The summed E-state index contributed by atoms with van der Waals surface area (Å²) in [7, 11) is -15.0. The maximum absolute atomic E-state index is 12.7. The van der Waals surface area contributed by atoms with E-state index in [2.05, 4.69) is 13.4 Å². The zero-order chi connectivity index (χ0) is 34.2. The molecule has 11 atom stereocenters. The molecule has 24 heteroatoms. The molecule has 1 aromatic carbocycles. The van der Waals surface area contributed by atoms with Gasteiger partial charge in [-0.25, -0.2) is 22.3 Å². The van der Waals surface area contributed by atoms with Crippen molar-refractivity contribution >= 4 is 35.3 Å². The van der Waals surface area contributed by atoms with E-state index < -0.39 is 103 Å². The Morgan fingerprint density at radius 3 is 2.15 bits per heavy atom. The first-order valence-corrected chi connectivity index (χ1v) is 19.0. The van der Waals surface area contributed by atoms with Crippen LogP contribution in [0.15, 0.2) is 51.0 Å². The van der Waals surface area contributed by atoms with Crippen molar-refractivity contribution in [2.24, 2.45) is 0 Å². The Morgan fingerprint density at radius 2 is 1.52 bits per heavy atom. The summed E-state index contributed by atoms with van der Waals surface area (Å²) in [6, 6.07) is 6.69.